The molecule has 0 saturated carbocycles. The third-order valence-corrected chi connectivity index (χ3v) is 3.35. The number of nitrogens with zero attached hydrogens (tertiary/aromatic N) is 2. The second kappa shape index (κ2) is 8.01. The highest BCUT2D eigenvalue weighted by atomic mass is 16.6. The Morgan fingerprint density at radius 1 is 1.12 bits per heavy atom. The van der Waals surface area contributed by atoms with Crippen molar-refractivity contribution in [1.29, 1.82) is 0 Å². The van der Waals surface area contributed by atoms with Crippen LogP contribution in [-0.4, -0.2) is 16.5 Å². The predicted octanol–water partition coefficient (Wildman–Crippen LogP) is 3.78. The lowest BCUT2D eigenvalue weighted by molar-refractivity contribution is -0.385. The van der Waals surface area contributed by atoms with Crippen LogP contribution < -0.4 is 5.43 Å². The lowest BCUT2D eigenvalue weighted by atomic mass is 10.0. The summed E-state index contributed by atoms with van der Waals surface area (Å²) < 4.78 is 0. The van der Waals surface area contributed by atoms with Gasteiger partial charge in [-0.25, -0.2) is 5.43 Å². The van der Waals surface area contributed by atoms with Crippen molar-refractivity contribution in [2.24, 2.45) is 11.0 Å². The van der Waals surface area contributed by atoms with Crippen LogP contribution >= 0.6 is 0 Å². The number of hydrazone groups is 1. The summed E-state index contributed by atoms with van der Waals surface area (Å²) in [5.74, 6) is -0.244. The molecule has 0 aliphatic rings. The van der Waals surface area contributed by atoms with E-state index in [9.17, 15) is 14.9 Å². The Hall–Kier alpha value is -3.02. The first kappa shape index (κ1) is 17.3. The Morgan fingerprint density at radius 3 is 2.38 bits per heavy atom. The molecule has 0 radical (unpaired) electrons. The summed E-state index contributed by atoms with van der Waals surface area (Å²) in [4.78, 5) is 22.7. The third kappa shape index (κ3) is 4.49. The highest BCUT2D eigenvalue weighted by Gasteiger charge is 2.19. The van der Waals surface area contributed by atoms with Crippen LogP contribution in [-0.2, 0) is 0 Å². The summed E-state index contributed by atoms with van der Waals surface area (Å²) in [5.41, 5.74) is 3.84. The largest absolute Gasteiger partial charge is 0.282 e. The first-order valence-corrected chi connectivity index (χ1v) is 7.64. The number of hydrogen-bond donors (Lipinski definition) is 1. The Labute approximate surface area is 140 Å². The summed E-state index contributed by atoms with van der Waals surface area (Å²) in [6.45, 7) is 4.12. The summed E-state index contributed by atoms with van der Waals surface area (Å²) in [7, 11) is 0. The van der Waals surface area contributed by atoms with E-state index in [1.165, 1.54) is 18.2 Å². The number of rotatable bonds is 6. The number of nitro groups is 1. The van der Waals surface area contributed by atoms with Gasteiger partial charge in [-0.05, 0) is 24.0 Å². The minimum Gasteiger partial charge on any atom is -0.267 e. The van der Waals surface area contributed by atoms with Crippen molar-refractivity contribution in [3.63, 3.8) is 0 Å². The molecular weight excluding hydrogens is 306 g/mol. The quantitative estimate of drug-likeness (QED) is 0.498. The maximum atomic E-state index is 12.3. The number of amides is 1. The van der Waals surface area contributed by atoms with Crippen molar-refractivity contribution < 1.29 is 9.72 Å². The molecule has 0 saturated heterocycles. The van der Waals surface area contributed by atoms with Gasteiger partial charge < -0.3 is 0 Å². The number of benzene rings is 2. The van der Waals surface area contributed by atoms with Gasteiger partial charge in [0.1, 0.15) is 5.56 Å². The summed E-state index contributed by atoms with van der Waals surface area (Å²) in [6, 6.07) is 15.3. The fraction of sp³-hybridized carbons (Fsp3) is 0.222. The van der Waals surface area contributed by atoms with Gasteiger partial charge in [0.25, 0.3) is 11.6 Å². The number of carbonyl (C=O) groups is 1. The number of nitrogens with one attached hydrogen (secondary N) is 1. The fourth-order valence-corrected chi connectivity index (χ4v) is 2.25. The molecular formula is C18H19N3O3. The molecule has 0 heterocycles. The second-order valence-corrected chi connectivity index (χ2v) is 5.74. The normalized spacial score (nSPS) is 11.4. The van der Waals surface area contributed by atoms with Crippen LogP contribution in [0.25, 0.3) is 0 Å². The Bertz CT molecular complexity index is 755. The molecule has 0 aromatic heterocycles. The first-order chi connectivity index (χ1) is 11.5. The zero-order chi connectivity index (χ0) is 17.5. The molecule has 0 atom stereocenters. The number of para-hydroxylation sites is 1. The van der Waals surface area contributed by atoms with E-state index in [0.717, 1.165) is 11.3 Å². The number of carbonyl (C=O) groups excluding carboxylic acids is 1. The van der Waals surface area contributed by atoms with Crippen LogP contribution in [0.1, 0.15) is 36.2 Å². The van der Waals surface area contributed by atoms with Crippen LogP contribution in [0.3, 0.4) is 0 Å². The molecule has 6 heteroatoms. The molecule has 0 aliphatic carbocycles. The molecule has 2 aromatic carbocycles. The van der Waals surface area contributed by atoms with E-state index in [2.05, 4.69) is 24.4 Å². The first-order valence-electron chi connectivity index (χ1n) is 7.64. The average Bonchev–Trinajstić information content (AvgIpc) is 2.58. The van der Waals surface area contributed by atoms with Crippen LogP contribution in [0.15, 0.2) is 59.7 Å². The molecule has 24 heavy (non-hydrogen) atoms. The van der Waals surface area contributed by atoms with Gasteiger partial charge in [0.2, 0.25) is 0 Å². The molecule has 1 N–H and O–H groups in total. The SMILES string of the molecule is CC(C)CC(=NNC(=O)c1ccccc1[N+](=O)[O-])c1ccccc1. The maximum Gasteiger partial charge on any atom is 0.282 e. The smallest absolute Gasteiger partial charge is 0.267 e. The Balaban J connectivity index is 2.26. The number of hydrogen-bond acceptors (Lipinski definition) is 4. The van der Waals surface area contributed by atoms with Gasteiger partial charge in [-0.2, -0.15) is 5.10 Å². The molecule has 6 nitrogen and oxygen atoms in total. The zero-order valence-electron chi connectivity index (χ0n) is 13.6. The van der Waals surface area contributed by atoms with Crippen molar-refractivity contribution >= 4 is 17.3 Å². The van der Waals surface area contributed by atoms with E-state index < -0.39 is 10.8 Å². The van der Waals surface area contributed by atoms with Gasteiger partial charge in [-0.1, -0.05) is 56.3 Å². The topological polar surface area (TPSA) is 84.6 Å². The second-order valence-electron chi connectivity index (χ2n) is 5.74. The molecule has 2 rings (SSSR count). The lowest BCUT2D eigenvalue weighted by Crippen LogP contribution is -2.21. The van der Waals surface area contributed by atoms with Crippen molar-refractivity contribution in [3.8, 4) is 0 Å². The highest BCUT2D eigenvalue weighted by Crippen LogP contribution is 2.17. The maximum absolute atomic E-state index is 12.3. The average molecular weight is 325 g/mol. The van der Waals surface area contributed by atoms with E-state index in [4.69, 9.17) is 0 Å². The van der Waals surface area contributed by atoms with Gasteiger partial charge in [0.15, 0.2) is 0 Å². The molecule has 0 unspecified atom stereocenters. The summed E-state index contributed by atoms with van der Waals surface area (Å²) >= 11 is 0. The molecule has 0 bridgehead atoms. The predicted molar refractivity (Wildman–Crippen MR) is 93.0 cm³/mol. The van der Waals surface area contributed by atoms with Crippen molar-refractivity contribution in [2.45, 2.75) is 20.3 Å². The summed E-state index contributed by atoms with van der Waals surface area (Å²) in [6.07, 6.45) is 0.682. The Kier molecular flexibility index (Phi) is 5.78. The van der Waals surface area contributed by atoms with Crippen LogP contribution in [0, 0.1) is 16.0 Å². The zero-order valence-corrected chi connectivity index (χ0v) is 13.6. The van der Waals surface area contributed by atoms with Crippen molar-refractivity contribution in [3.05, 3.63) is 75.8 Å². The van der Waals surface area contributed by atoms with Gasteiger partial charge in [0.05, 0.1) is 10.6 Å². The Morgan fingerprint density at radius 2 is 1.75 bits per heavy atom. The highest BCUT2D eigenvalue weighted by molar-refractivity contribution is 6.03. The van der Waals surface area contributed by atoms with Gasteiger partial charge >= 0.3 is 0 Å². The molecule has 0 spiro atoms. The molecule has 1 amide bonds. The van der Waals surface area contributed by atoms with Crippen LogP contribution in [0.5, 0.6) is 0 Å². The van der Waals surface area contributed by atoms with E-state index in [1.54, 1.807) is 6.07 Å². The van der Waals surface area contributed by atoms with Crippen LogP contribution in [0.4, 0.5) is 5.69 Å². The lowest BCUT2D eigenvalue weighted by Gasteiger charge is -2.10. The van der Waals surface area contributed by atoms with E-state index >= 15 is 0 Å². The molecule has 0 aliphatic heterocycles. The van der Waals surface area contributed by atoms with E-state index in [1.807, 2.05) is 30.3 Å². The van der Waals surface area contributed by atoms with Crippen molar-refractivity contribution in [1.82, 2.24) is 5.43 Å². The molecule has 2 aromatic rings. The molecule has 0 fully saturated rings. The number of nitro benzene ring substituents is 1. The fourth-order valence-electron chi connectivity index (χ4n) is 2.25. The van der Waals surface area contributed by atoms with Crippen LogP contribution in [0.2, 0.25) is 0 Å². The van der Waals surface area contributed by atoms with E-state index in [0.29, 0.717) is 12.3 Å². The van der Waals surface area contributed by atoms with E-state index in [-0.39, 0.29) is 11.3 Å². The van der Waals surface area contributed by atoms with Crippen molar-refractivity contribution in [2.75, 3.05) is 0 Å². The molecule has 124 valence electrons. The minimum absolute atomic E-state index is 0.0109. The van der Waals surface area contributed by atoms with Gasteiger partial charge in [-0.15, -0.1) is 0 Å². The summed E-state index contributed by atoms with van der Waals surface area (Å²) in [5, 5.41) is 15.2. The van der Waals surface area contributed by atoms with Gasteiger partial charge in [-0.3, -0.25) is 14.9 Å². The minimum atomic E-state index is -0.598. The van der Waals surface area contributed by atoms with Gasteiger partial charge in [0, 0.05) is 6.07 Å². The monoisotopic (exact) mass is 325 g/mol. The standard InChI is InChI=1S/C18H19N3O3/c1-13(2)12-16(14-8-4-3-5-9-14)19-20-18(22)15-10-6-7-11-17(15)21(23)24/h3-11,13H,12H2,1-2H3,(H,20,22). The third-order valence-electron chi connectivity index (χ3n) is 3.35.